The molecule has 0 spiro atoms. The van der Waals surface area contributed by atoms with E-state index in [1.165, 1.54) is 15.9 Å². The van der Waals surface area contributed by atoms with E-state index in [2.05, 4.69) is 146 Å². The first-order chi connectivity index (χ1) is 15.2. The van der Waals surface area contributed by atoms with Crippen molar-refractivity contribution in [3.8, 4) is 11.7 Å². The Balaban J connectivity index is 0.00000289. The lowest BCUT2D eigenvalue weighted by atomic mass is 10.2. The van der Waals surface area contributed by atoms with E-state index >= 15 is 0 Å². The van der Waals surface area contributed by atoms with Gasteiger partial charge in [-0.2, -0.15) is 0 Å². The van der Waals surface area contributed by atoms with Gasteiger partial charge < -0.3 is 17.0 Å². The van der Waals surface area contributed by atoms with Crippen LogP contribution in [0.3, 0.4) is 0 Å². The minimum absolute atomic E-state index is 0. The van der Waals surface area contributed by atoms with Crippen LogP contribution < -0.4 is 37.8 Å². The third kappa shape index (κ3) is 4.97. The Morgan fingerprint density at radius 1 is 0.562 bits per heavy atom. The van der Waals surface area contributed by atoms with Crippen LogP contribution >= 0.6 is 7.26 Å². The van der Waals surface area contributed by atoms with Crippen molar-refractivity contribution in [1.82, 2.24) is 0 Å². The van der Waals surface area contributed by atoms with E-state index in [1.807, 2.05) is 6.07 Å². The molecule has 0 unspecified atom stereocenters. The summed E-state index contributed by atoms with van der Waals surface area (Å²) in [5.41, 5.74) is 4.97. The van der Waals surface area contributed by atoms with Gasteiger partial charge in [-0.15, -0.1) is 0 Å². The van der Waals surface area contributed by atoms with E-state index in [0.29, 0.717) is 0 Å². The fourth-order valence-electron chi connectivity index (χ4n) is 3.80. The molecule has 0 aromatic heterocycles. The van der Waals surface area contributed by atoms with Crippen molar-refractivity contribution in [2.24, 2.45) is 0 Å². The molecule has 3 heteroatoms. The third-order valence-corrected chi connectivity index (χ3v) is 8.97. The van der Waals surface area contributed by atoms with E-state index in [-0.39, 0.29) is 23.0 Å². The van der Waals surface area contributed by atoms with Gasteiger partial charge in [-0.05, 0) is 62.4 Å². The van der Waals surface area contributed by atoms with E-state index < -0.39 is 7.26 Å². The van der Waals surface area contributed by atoms with Crippen LogP contribution in [0, 0.1) is 11.7 Å². The molecule has 0 amide bonds. The minimum Gasteiger partial charge on any atom is -1.00 e. The summed E-state index contributed by atoms with van der Waals surface area (Å²) < 4.78 is 0. The lowest BCUT2D eigenvalue weighted by molar-refractivity contribution is -0.00000612. The van der Waals surface area contributed by atoms with Crippen molar-refractivity contribution in [2.75, 3.05) is 4.90 Å². The Morgan fingerprint density at radius 3 is 1.25 bits per heavy atom. The van der Waals surface area contributed by atoms with Crippen LogP contribution in [0.4, 0.5) is 5.69 Å². The number of halogens is 1. The largest absolute Gasteiger partial charge is 1.00 e. The maximum absolute atomic E-state index is 3.85. The van der Waals surface area contributed by atoms with Gasteiger partial charge in [0, 0.05) is 11.7 Å². The Hall–Kier alpha value is -2.85. The molecular formula is C29H27BrNP. The fraction of sp³-hybridized carbons (Fsp3) is 0.103. The van der Waals surface area contributed by atoms with Crippen molar-refractivity contribution in [2.45, 2.75) is 19.9 Å². The van der Waals surface area contributed by atoms with Crippen LogP contribution in [0.15, 0.2) is 121 Å². The van der Waals surface area contributed by atoms with Gasteiger partial charge in [0.05, 0.1) is 6.04 Å². The van der Waals surface area contributed by atoms with Gasteiger partial charge >= 0.3 is 0 Å². The number of para-hydroxylation sites is 1. The van der Waals surface area contributed by atoms with E-state index in [9.17, 15) is 0 Å². The molecule has 0 heterocycles. The molecule has 0 bridgehead atoms. The Bertz CT molecular complexity index is 1050. The van der Waals surface area contributed by atoms with Gasteiger partial charge in [-0.3, -0.25) is 4.90 Å². The predicted molar refractivity (Wildman–Crippen MR) is 137 cm³/mol. The van der Waals surface area contributed by atoms with Gasteiger partial charge in [-0.25, -0.2) is 0 Å². The smallest absolute Gasteiger partial charge is 0.191 e. The van der Waals surface area contributed by atoms with Crippen molar-refractivity contribution < 1.29 is 17.0 Å². The number of hydrogen-bond acceptors (Lipinski definition) is 1. The number of benzene rings is 4. The highest BCUT2D eigenvalue weighted by Crippen LogP contribution is 2.54. The van der Waals surface area contributed by atoms with Crippen LogP contribution in [-0.2, 0) is 0 Å². The molecule has 4 rings (SSSR count). The van der Waals surface area contributed by atoms with E-state index in [0.717, 1.165) is 5.69 Å². The molecule has 0 N–H and O–H groups in total. The average molecular weight is 500 g/mol. The Kier molecular flexibility index (Phi) is 8.29. The summed E-state index contributed by atoms with van der Waals surface area (Å²) in [6.45, 7) is 4.38. The third-order valence-electron chi connectivity index (χ3n) is 5.32. The molecular weight excluding hydrogens is 473 g/mol. The van der Waals surface area contributed by atoms with Gasteiger partial charge in [0.2, 0.25) is 0 Å². The zero-order valence-electron chi connectivity index (χ0n) is 18.4. The summed E-state index contributed by atoms with van der Waals surface area (Å²) in [6.07, 6.45) is 0. The van der Waals surface area contributed by atoms with Crippen molar-refractivity contribution >= 4 is 28.9 Å². The highest BCUT2D eigenvalue weighted by molar-refractivity contribution is 7.99. The molecule has 4 aromatic carbocycles. The first kappa shape index (κ1) is 23.8. The summed E-state index contributed by atoms with van der Waals surface area (Å²) in [4.78, 5) is 2.18. The predicted octanol–water partition coefficient (Wildman–Crippen LogP) is 2.82. The second-order valence-corrected chi connectivity index (χ2v) is 10.8. The normalized spacial score (nSPS) is 10.6. The highest BCUT2D eigenvalue weighted by Gasteiger charge is 2.45. The summed E-state index contributed by atoms with van der Waals surface area (Å²) in [5.74, 6) is 0. The van der Waals surface area contributed by atoms with Crippen molar-refractivity contribution in [3.05, 3.63) is 121 Å². The molecule has 32 heavy (non-hydrogen) atoms. The topological polar surface area (TPSA) is 3.24 Å². The average Bonchev–Trinajstić information content (AvgIpc) is 2.84. The zero-order valence-corrected chi connectivity index (χ0v) is 20.9. The highest BCUT2D eigenvalue weighted by atomic mass is 79.9. The first-order valence-electron chi connectivity index (χ1n) is 10.6. The lowest BCUT2D eigenvalue weighted by Gasteiger charge is -2.24. The van der Waals surface area contributed by atoms with E-state index in [4.69, 9.17) is 0 Å². The molecule has 0 fully saturated rings. The van der Waals surface area contributed by atoms with Gasteiger partial charge in [0.15, 0.2) is 7.26 Å². The van der Waals surface area contributed by atoms with Crippen LogP contribution in [0.5, 0.6) is 0 Å². The molecule has 0 radical (unpaired) electrons. The molecule has 0 aliphatic carbocycles. The van der Waals surface area contributed by atoms with Gasteiger partial charge in [-0.1, -0.05) is 72.8 Å². The first-order valence-corrected chi connectivity index (χ1v) is 12.4. The molecule has 0 aliphatic rings. The maximum Gasteiger partial charge on any atom is 0.191 e. The summed E-state index contributed by atoms with van der Waals surface area (Å²) in [5, 5.41) is 3.82. The quantitative estimate of drug-likeness (QED) is 0.232. The SMILES string of the molecule is CC(C)N(C#C[P+](c1ccccc1)(c1ccccc1)c1ccccc1)c1ccccc1.[Br-]. The van der Waals surface area contributed by atoms with Crippen molar-refractivity contribution in [1.29, 1.82) is 0 Å². The molecule has 0 aliphatic heterocycles. The molecule has 0 saturated carbocycles. The maximum atomic E-state index is 3.85. The van der Waals surface area contributed by atoms with Crippen LogP contribution in [0.2, 0.25) is 0 Å². The fourth-order valence-corrected chi connectivity index (χ4v) is 7.20. The summed E-state index contributed by atoms with van der Waals surface area (Å²) in [7, 11) is -2.17. The van der Waals surface area contributed by atoms with Crippen LogP contribution in [0.1, 0.15) is 13.8 Å². The molecule has 0 saturated heterocycles. The summed E-state index contributed by atoms with van der Waals surface area (Å²) in [6, 6.07) is 46.6. The zero-order chi connectivity index (χ0) is 21.5. The summed E-state index contributed by atoms with van der Waals surface area (Å²) >= 11 is 0. The number of hydrogen-bond donors (Lipinski definition) is 0. The molecule has 160 valence electrons. The van der Waals surface area contributed by atoms with Crippen LogP contribution in [-0.4, -0.2) is 6.04 Å². The van der Waals surface area contributed by atoms with Crippen molar-refractivity contribution in [3.63, 3.8) is 0 Å². The minimum atomic E-state index is -2.17. The second kappa shape index (κ2) is 11.1. The van der Waals surface area contributed by atoms with E-state index in [1.54, 1.807) is 0 Å². The Labute approximate surface area is 203 Å². The molecule has 1 nitrogen and oxygen atoms in total. The van der Waals surface area contributed by atoms with Gasteiger partial charge in [0.1, 0.15) is 21.6 Å². The second-order valence-electron chi connectivity index (χ2n) is 7.70. The number of rotatable bonds is 5. The number of anilines is 1. The standard InChI is InChI=1S/C29H27NP.BrH/c1-25(2)30(26-15-7-3-8-16-26)23-24-31(27-17-9-4-10-18-27,28-19-11-5-12-20-28)29-21-13-6-14-22-29;/h3-22,25H,1-2H3;1H/q+1;/p-1. The number of nitrogens with zero attached hydrogens (tertiary/aromatic N) is 1. The van der Waals surface area contributed by atoms with Gasteiger partial charge in [0.25, 0.3) is 0 Å². The van der Waals surface area contributed by atoms with Crippen LogP contribution in [0.25, 0.3) is 0 Å². The molecule has 0 atom stereocenters. The molecule has 4 aromatic rings. The monoisotopic (exact) mass is 499 g/mol. The lowest BCUT2D eigenvalue weighted by Crippen LogP contribution is -3.00. The Morgan fingerprint density at radius 2 is 0.906 bits per heavy atom.